The lowest BCUT2D eigenvalue weighted by molar-refractivity contribution is -0.136. The quantitative estimate of drug-likeness (QED) is 0.541. The minimum absolute atomic E-state index is 0.0453. The Hall–Kier alpha value is -3.02. The van der Waals surface area contributed by atoms with Gasteiger partial charge >= 0.3 is 5.97 Å². The van der Waals surface area contributed by atoms with E-state index in [1.54, 1.807) is 36.7 Å². The predicted molar refractivity (Wildman–Crippen MR) is 85.9 cm³/mol. The molecule has 1 saturated carbocycles. The summed E-state index contributed by atoms with van der Waals surface area (Å²) in [7, 11) is 0. The first-order chi connectivity index (χ1) is 11.7. The summed E-state index contributed by atoms with van der Waals surface area (Å²) in [6.45, 7) is 2.05. The van der Waals surface area contributed by atoms with Crippen LogP contribution in [0.3, 0.4) is 0 Å². The third-order valence-corrected chi connectivity index (χ3v) is 4.08. The molecular formula is C18H15N3O3. The van der Waals surface area contributed by atoms with Crippen LogP contribution in [0.2, 0.25) is 0 Å². The van der Waals surface area contributed by atoms with Crippen molar-refractivity contribution in [3.05, 3.63) is 48.8 Å². The van der Waals surface area contributed by atoms with E-state index >= 15 is 0 Å². The van der Waals surface area contributed by atoms with Crippen LogP contribution >= 0.6 is 0 Å². The minimum atomic E-state index is -0.159. The van der Waals surface area contributed by atoms with Gasteiger partial charge in [0.15, 0.2) is 0 Å². The minimum Gasteiger partial charge on any atom is -0.426 e. The summed E-state index contributed by atoms with van der Waals surface area (Å²) < 4.78 is 10.6. The lowest BCUT2D eigenvalue weighted by atomic mass is 10.2. The maximum Gasteiger partial charge on any atom is 0.314 e. The summed E-state index contributed by atoms with van der Waals surface area (Å²) in [5, 5.41) is 3.98. The van der Waals surface area contributed by atoms with Crippen LogP contribution in [0.4, 0.5) is 0 Å². The molecule has 6 heteroatoms. The molecule has 2 atom stereocenters. The van der Waals surface area contributed by atoms with E-state index < -0.39 is 0 Å². The first kappa shape index (κ1) is 14.6. The summed E-state index contributed by atoms with van der Waals surface area (Å²) in [5.74, 6) is 1.73. The zero-order chi connectivity index (χ0) is 16.5. The van der Waals surface area contributed by atoms with Gasteiger partial charge < -0.3 is 9.26 Å². The lowest BCUT2D eigenvalue weighted by Gasteiger charge is -2.03. The highest BCUT2D eigenvalue weighted by atomic mass is 16.5. The molecule has 1 aromatic carbocycles. The highest BCUT2D eigenvalue weighted by molar-refractivity contribution is 5.78. The van der Waals surface area contributed by atoms with Gasteiger partial charge in [0.05, 0.1) is 11.5 Å². The first-order valence-corrected chi connectivity index (χ1v) is 7.77. The molecule has 0 aliphatic heterocycles. The molecule has 6 nitrogen and oxygen atoms in total. The van der Waals surface area contributed by atoms with Crippen LogP contribution in [0.1, 0.15) is 13.3 Å². The Bertz CT molecular complexity index is 859. The molecule has 2 aromatic heterocycles. The lowest BCUT2D eigenvalue weighted by Crippen LogP contribution is -2.10. The number of hydrogen-bond acceptors (Lipinski definition) is 6. The number of carbonyl (C=O) groups is 1. The number of aromatic nitrogens is 3. The van der Waals surface area contributed by atoms with Gasteiger partial charge in [-0.2, -0.15) is 4.98 Å². The Kier molecular flexibility index (Phi) is 3.57. The van der Waals surface area contributed by atoms with Crippen molar-refractivity contribution in [1.29, 1.82) is 0 Å². The van der Waals surface area contributed by atoms with Gasteiger partial charge in [-0.1, -0.05) is 12.1 Å². The molecular weight excluding hydrogens is 306 g/mol. The molecule has 2 unspecified atom stereocenters. The fourth-order valence-corrected chi connectivity index (χ4v) is 2.46. The van der Waals surface area contributed by atoms with Crippen molar-refractivity contribution in [3.8, 4) is 28.6 Å². The molecule has 0 amide bonds. The fourth-order valence-electron chi connectivity index (χ4n) is 2.46. The van der Waals surface area contributed by atoms with Gasteiger partial charge in [-0.05, 0) is 48.7 Å². The molecule has 3 aromatic rings. The Balaban J connectivity index is 1.49. The molecule has 1 aliphatic carbocycles. The van der Waals surface area contributed by atoms with Crippen LogP contribution in [-0.2, 0) is 4.79 Å². The number of ether oxygens (including phenoxy) is 1. The normalized spacial score (nSPS) is 19.0. The number of esters is 1. The summed E-state index contributed by atoms with van der Waals surface area (Å²) in [4.78, 5) is 20.2. The van der Waals surface area contributed by atoms with Crippen molar-refractivity contribution in [2.75, 3.05) is 0 Å². The second-order valence-electron chi connectivity index (χ2n) is 5.93. The van der Waals surface area contributed by atoms with Crippen LogP contribution in [0.5, 0.6) is 5.75 Å². The second-order valence-corrected chi connectivity index (χ2v) is 5.93. The van der Waals surface area contributed by atoms with Crippen molar-refractivity contribution in [3.63, 3.8) is 0 Å². The smallest absolute Gasteiger partial charge is 0.314 e. The highest BCUT2D eigenvalue weighted by Crippen LogP contribution is 2.38. The zero-order valence-electron chi connectivity index (χ0n) is 13.0. The van der Waals surface area contributed by atoms with Gasteiger partial charge in [0.2, 0.25) is 5.82 Å². The summed E-state index contributed by atoms with van der Waals surface area (Å²) in [6, 6.07) is 10.7. The maximum atomic E-state index is 11.8. The van der Waals surface area contributed by atoms with Gasteiger partial charge in [0.25, 0.3) is 5.89 Å². The van der Waals surface area contributed by atoms with Crippen molar-refractivity contribution in [2.24, 2.45) is 11.8 Å². The van der Waals surface area contributed by atoms with E-state index in [0.29, 0.717) is 23.4 Å². The third kappa shape index (κ3) is 2.90. The Labute approximate surface area is 138 Å². The van der Waals surface area contributed by atoms with Crippen LogP contribution < -0.4 is 4.74 Å². The van der Waals surface area contributed by atoms with Gasteiger partial charge in [-0.15, -0.1) is 0 Å². The second kappa shape index (κ2) is 5.88. The average molecular weight is 321 g/mol. The third-order valence-electron chi connectivity index (χ3n) is 4.08. The van der Waals surface area contributed by atoms with Gasteiger partial charge in [-0.25, -0.2) is 0 Å². The predicted octanol–water partition coefficient (Wildman–Crippen LogP) is 3.36. The Morgan fingerprint density at radius 3 is 2.67 bits per heavy atom. The van der Waals surface area contributed by atoms with Crippen molar-refractivity contribution >= 4 is 5.97 Å². The fraction of sp³-hybridized carbons (Fsp3) is 0.222. The van der Waals surface area contributed by atoms with Crippen LogP contribution in [0.15, 0.2) is 53.3 Å². The van der Waals surface area contributed by atoms with Gasteiger partial charge in [0, 0.05) is 18.0 Å². The van der Waals surface area contributed by atoms with E-state index in [4.69, 9.17) is 9.26 Å². The van der Waals surface area contributed by atoms with Crippen LogP contribution in [0.25, 0.3) is 22.8 Å². The van der Waals surface area contributed by atoms with E-state index in [0.717, 1.165) is 17.5 Å². The average Bonchev–Trinajstić information content (AvgIpc) is 3.16. The number of rotatable bonds is 4. The largest absolute Gasteiger partial charge is 0.426 e. The molecule has 0 bridgehead atoms. The molecule has 0 spiro atoms. The molecule has 0 N–H and O–H groups in total. The van der Waals surface area contributed by atoms with E-state index in [1.807, 2.05) is 19.1 Å². The van der Waals surface area contributed by atoms with E-state index in [9.17, 15) is 4.79 Å². The molecule has 1 fully saturated rings. The van der Waals surface area contributed by atoms with Crippen LogP contribution in [0, 0.1) is 11.8 Å². The standard InChI is InChI=1S/C18H15N3O3/c1-11-9-15(11)18(22)23-14-6-4-12(5-7-14)16-20-17(24-21-16)13-3-2-8-19-10-13/h2-8,10-11,15H,9H2,1H3. The summed E-state index contributed by atoms with van der Waals surface area (Å²) in [6.07, 6.45) is 4.26. The van der Waals surface area contributed by atoms with E-state index in [-0.39, 0.29) is 11.9 Å². The molecule has 0 radical (unpaired) electrons. The zero-order valence-corrected chi connectivity index (χ0v) is 13.0. The van der Waals surface area contributed by atoms with E-state index in [1.165, 1.54) is 0 Å². The number of benzene rings is 1. The van der Waals surface area contributed by atoms with Gasteiger partial charge in [-0.3, -0.25) is 9.78 Å². The van der Waals surface area contributed by atoms with Crippen molar-refractivity contribution < 1.29 is 14.1 Å². The molecule has 24 heavy (non-hydrogen) atoms. The number of carbonyl (C=O) groups excluding carboxylic acids is 1. The Morgan fingerprint density at radius 1 is 1.21 bits per heavy atom. The molecule has 4 rings (SSSR count). The molecule has 1 aliphatic rings. The number of nitrogens with zero attached hydrogens (tertiary/aromatic N) is 3. The SMILES string of the molecule is CC1CC1C(=O)Oc1ccc(-c2noc(-c3cccnc3)n2)cc1. The van der Waals surface area contributed by atoms with E-state index in [2.05, 4.69) is 15.1 Å². The van der Waals surface area contributed by atoms with Crippen molar-refractivity contribution in [2.45, 2.75) is 13.3 Å². The molecule has 2 heterocycles. The van der Waals surface area contributed by atoms with Crippen LogP contribution in [-0.4, -0.2) is 21.1 Å². The molecule has 120 valence electrons. The highest BCUT2D eigenvalue weighted by Gasteiger charge is 2.40. The number of hydrogen-bond donors (Lipinski definition) is 0. The number of pyridine rings is 1. The first-order valence-electron chi connectivity index (χ1n) is 7.77. The Morgan fingerprint density at radius 2 is 2.00 bits per heavy atom. The van der Waals surface area contributed by atoms with Gasteiger partial charge in [0.1, 0.15) is 5.75 Å². The maximum absolute atomic E-state index is 11.8. The summed E-state index contributed by atoms with van der Waals surface area (Å²) in [5.41, 5.74) is 1.55. The monoisotopic (exact) mass is 321 g/mol. The van der Waals surface area contributed by atoms with Crippen molar-refractivity contribution in [1.82, 2.24) is 15.1 Å². The topological polar surface area (TPSA) is 78.1 Å². The molecule has 0 saturated heterocycles. The summed E-state index contributed by atoms with van der Waals surface area (Å²) >= 11 is 0.